The third-order valence-electron chi connectivity index (χ3n) is 12.1. The van der Waals surface area contributed by atoms with Crippen LogP contribution in [0.3, 0.4) is 0 Å². The first-order valence-electron chi connectivity index (χ1n) is 30.3. The maximum Gasteiger partial charge on any atom is 0.312 e. The van der Waals surface area contributed by atoms with Crippen molar-refractivity contribution in [3.63, 3.8) is 0 Å². The van der Waals surface area contributed by atoms with Crippen molar-refractivity contribution >= 4 is 64.5 Å². The molecule has 0 unspecified atom stereocenters. The van der Waals surface area contributed by atoms with Gasteiger partial charge in [0.25, 0.3) is 5.91 Å². The molecule has 0 fully saturated rings. The number of aryl methyl sites for hydroxylation is 1. The molecular weight excluding hydrogens is 1160 g/mol. The minimum Gasteiger partial charge on any atom is -0.461 e. The number of Topliss-reactive ketones (excluding diaryl/α,β-unsaturated/α-hetero) is 1. The molecule has 0 aliphatic rings. The van der Waals surface area contributed by atoms with Gasteiger partial charge in [-0.1, -0.05) is 98.7 Å². The molecule has 24 nitrogen and oxygen atoms in total. The summed E-state index contributed by atoms with van der Waals surface area (Å²) in [5.74, 6) is -1.45. The number of rotatable bonds is 52. The summed E-state index contributed by atoms with van der Waals surface area (Å²) in [4.78, 5) is 70.2. The van der Waals surface area contributed by atoms with E-state index in [4.69, 9.17) is 57.9 Å². The lowest BCUT2D eigenvalue weighted by Crippen LogP contribution is -2.46. The zero-order valence-corrected chi connectivity index (χ0v) is 55.7. The van der Waals surface area contributed by atoms with Crippen molar-refractivity contribution in [1.82, 2.24) is 25.6 Å². The van der Waals surface area contributed by atoms with Gasteiger partial charge >= 0.3 is 12.0 Å². The summed E-state index contributed by atoms with van der Waals surface area (Å²) < 4.78 is 57.2. The monoisotopic (exact) mass is 1270 g/mol. The van der Waals surface area contributed by atoms with E-state index in [0.29, 0.717) is 160 Å². The van der Waals surface area contributed by atoms with E-state index in [0.717, 1.165) is 18.7 Å². The molecule has 2 aromatic rings. The second-order valence-electron chi connectivity index (χ2n) is 24.0. The van der Waals surface area contributed by atoms with Gasteiger partial charge in [0.1, 0.15) is 6.61 Å². The largest absolute Gasteiger partial charge is 0.461 e. The number of thioether (sulfide) groups is 2. The molecule has 0 radical (unpaired) electrons. The van der Waals surface area contributed by atoms with E-state index in [-0.39, 0.29) is 65.6 Å². The number of urea groups is 1. The quantitative estimate of drug-likeness (QED) is 0.0223. The van der Waals surface area contributed by atoms with Crippen LogP contribution in [0.5, 0.6) is 0 Å². The van der Waals surface area contributed by atoms with E-state index >= 15 is 0 Å². The highest BCUT2D eigenvalue weighted by atomic mass is 32.2. The SMILES string of the molecule is CC(C)[C@H](NC(=O)CON=C(CSC(C)(C)C)CSC(C)(C)C)C(=O)C[C@@H](CCCNC(N)=O)C(=O)Nc1ccc(COC(=O)CCc2cn(CCOCCOCCOCCOCCOCCOCCOCCOCCOCCC(C)(C)C)nn2)cc1. The number of primary amides is 1. The van der Waals surface area contributed by atoms with Crippen molar-refractivity contribution in [2.24, 2.45) is 28.1 Å². The molecule has 0 aliphatic carbocycles. The number of oxime groups is 1. The van der Waals surface area contributed by atoms with Gasteiger partial charge in [-0.25, -0.2) is 9.48 Å². The number of hydrogen-bond acceptors (Lipinski definition) is 21. The molecule has 4 amide bonds. The van der Waals surface area contributed by atoms with Gasteiger partial charge in [-0.15, -0.1) is 28.6 Å². The second kappa shape index (κ2) is 46.6. The number of nitrogens with zero attached hydrogens (tertiary/aromatic N) is 4. The van der Waals surface area contributed by atoms with Crippen LogP contribution < -0.4 is 21.7 Å². The summed E-state index contributed by atoms with van der Waals surface area (Å²) in [6, 6.07) is 5.22. The highest BCUT2D eigenvalue weighted by molar-refractivity contribution is 8.02. The summed E-state index contributed by atoms with van der Waals surface area (Å²) in [5, 5.41) is 20.8. The molecule has 1 aromatic carbocycles. The fraction of sp³-hybridized carbons (Fsp3) is 0.770. The molecule has 2 atom stereocenters. The van der Waals surface area contributed by atoms with Crippen LogP contribution in [0.25, 0.3) is 0 Å². The highest BCUT2D eigenvalue weighted by Crippen LogP contribution is 2.27. The molecule has 2 rings (SSSR count). The second-order valence-corrected chi connectivity index (χ2v) is 27.6. The standard InChI is InChI=1S/C61H106N8O16S2/c1-47(2)56(65-54(71)44-85-67-52(45-86-60(6,7)8)46-87-61(9,10)11)53(70)41-49(13-12-21-63-58(62)74)57(73)64-50-16-14-48(15-17-50)43-84-55(72)19-18-51-42-69(68-66-51)22-24-76-26-28-78-30-32-80-34-36-82-38-40-83-39-37-81-35-33-79-31-29-77-27-25-75-23-20-59(3,4)5/h14-17,42,47,49,56H,12-13,18-41,43-46H2,1-11H3,(H,64,73)(H,65,71)(H3,62,63,74)/t49-,56+/m1/s1. The number of aromatic nitrogens is 3. The van der Waals surface area contributed by atoms with Crippen molar-refractivity contribution in [1.29, 1.82) is 0 Å². The Morgan fingerprint density at radius 3 is 1.61 bits per heavy atom. The summed E-state index contributed by atoms with van der Waals surface area (Å²) >= 11 is 3.47. The lowest BCUT2D eigenvalue weighted by atomic mass is 9.89. The number of benzene rings is 1. The summed E-state index contributed by atoms with van der Waals surface area (Å²) in [6.07, 6.45) is 3.69. The Hall–Kier alpha value is -4.48. The normalized spacial score (nSPS) is 12.6. The molecule has 0 saturated heterocycles. The predicted molar refractivity (Wildman–Crippen MR) is 339 cm³/mol. The van der Waals surface area contributed by atoms with Crippen molar-refractivity contribution in [2.75, 3.05) is 149 Å². The smallest absolute Gasteiger partial charge is 0.312 e. The van der Waals surface area contributed by atoms with Gasteiger partial charge in [0.05, 0.1) is 143 Å². The Morgan fingerprint density at radius 1 is 0.667 bits per heavy atom. The Labute approximate surface area is 526 Å². The molecule has 498 valence electrons. The number of carbonyl (C=O) groups is 5. The lowest BCUT2D eigenvalue weighted by molar-refractivity contribution is -0.145. The van der Waals surface area contributed by atoms with Gasteiger partial charge in [0, 0.05) is 64.8 Å². The predicted octanol–water partition coefficient (Wildman–Crippen LogP) is 7.08. The molecule has 0 saturated carbocycles. The van der Waals surface area contributed by atoms with Gasteiger partial charge in [-0.2, -0.15) is 0 Å². The van der Waals surface area contributed by atoms with E-state index in [2.05, 4.69) is 93.7 Å². The maximum absolute atomic E-state index is 13.8. The average Bonchev–Trinajstić information content (AvgIpc) is 3.99. The van der Waals surface area contributed by atoms with Gasteiger partial charge in [0.2, 0.25) is 5.91 Å². The Bertz CT molecular complexity index is 2190. The van der Waals surface area contributed by atoms with Crippen LogP contribution in [0.4, 0.5) is 10.5 Å². The van der Waals surface area contributed by atoms with E-state index in [9.17, 15) is 24.0 Å². The van der Waals surface area contributed by atoms with E-state index in [1.807, 2.05) is 13.8 Å². The Balaban J connectivity index is 1.59. The van der Waals surface area contributed by atoms with Gasteiger partial charge < -0.3 is 73.9 Å². The Kier molecular flexibility index (Phi) is 42.1. The number of esters is 1. The third kappa shape index (κ3) is 45.4. The molecule has 1 aromatic heterocycles. The first-order chi connectivity index (χ1) is 41.4. The van der Waals surface area contributed by atoms with Crippen LogP contribution >= 0.6 is 23.5 Å². The highest BCUT2D eigenvalue weighted by Gasteiger charge is 2.30. The number of nitrogens with two attached hydrogens (primary N) is 1. The third-order valence-corrected chi connectivity index (χ3v) is 14.8. The van der Waals surface area contributed by atoms with E-state index in [1.165, 1.54) is 0 Å². The molecule has 1 heterocycles. The molecule has 87 heavy (non-hydrogen) atoms. The van der Waals surface area contributed by atoms with Crippen LogP contribution in [0, 0.1) is 17.3 Å². The number of anilines is 1. The molecule has 5 N–H and O–H groups in total. The molecule has 0 spiro atoms. The first kappa shape index (κ1) is 78.6. The number of nitrogens with one attached hydrogen (secondary N) is 3. The number of ketones is 1. The van der Waals surface area contributed by atoms with Gasteiger partial charge in [-0.3, -0.25) is 19.2 Å². The van der Waals surface area contributed by atoms with Gasteiger partial charge in [-0.05, 0) is 48.3 Å². The van der Waals surface area contributed by atoms with Crippen molar-refractivity contribution in [3.05, 3.63) is 41.7 Å². The minimum absolute atomic E-state index is 0.0144. The zero-order valence-electron chi connectivity index (χ0n) is 54.0. The van der Waals surface area contributed by atoms with Crippen molar-refractivity contribution in [3.8, 4) is 0 Å². The number of hydrogen-bond donors (Lipinski definition) is 4. The average molecular weight is 1270 g/mol. The molecule has 0 aliphatic heterocycles. The van der Waals surface area contributed by atoms with Crippen LogP contribution in [0.15, 0.2) is 35.6 Å². The topological polar surface area (TPSA) is 292 Å². The Morgan fingerprint density at radius 2 is 1.15 bits per heavy atom. The summed E-state index contributed by atoms with van der Waals surface area (Å²) in [7, 11) is 0. The van der Waals surface area contributed by atoms with Crippen molar-refractivity contribution < 1.29 is 76.2 Å². The molecule has 0 bridgehead atoms. The maximum atomic E-state index is 13.8. The van der Waals surface area contributed by atoms with Gasteiger partial charge in [0.15, 0.2) is 12.4 Å². The van der Waals surface area contributed by atoms with Crippen LogP contribution in [-0.2, 0) is 91.0 Å². The summed E-state index contributed by atoms with van der Waals surface area (Å²) in [6.45, 7) is 32.2. The molecular formula is C61H106N8O16S2. The van der Waals surface area contributed by atoms with E-state index < -0.39 is 35.8 Å². The van der Waals surface area contributed by atoms with Crippen molar-refractivity contribution in [2.45, 2.75) is 143 Å². The summed E-state index contributed by atoms with van der Waals surface area (Å²) in [5.41, 5.74) is 8.15. The van der Waals surface area contributed by atoms with E-state index in [1.54, 1.807) is 58.7 Å². The van der Waals surface area contributed by atoms with Crippen LogP contribution in [0.2, 0.25) is 0 Å². The van der Waals surface area contributed by atoms with Crippen LogP contribution in [-0.4, -0.2) is 209 Å². The first-order valence-corrected chi connectivity index (χ1v) is 32.3. The molecule has 26 heteroatoms. The minimum atomic E-state index is -0.891. The fourth-order valence-corrected chi connectivity index (χ4v) is 8.96. The number of carbonyl (C=O) groups excluding carboxylic acids is 5. The number of amides is 4. The lowest BCUT2D eigenvalue weighted by Gasteiger charge is -2.24. The van der Waals surface area contributed by atoms with Crippen LogP contribution in [0.1, 0.15) is 120 Å². The number of ether oxygens (including phenoxy) is 10. The zero-order chi connectivity index (χ0) is 64.2. The fourth-order valence-electron chi connectivity index (χ4n) is 7.32.